The lowest BCUT2D eigenvalue weighted by molar-refractivity contribution is -0.156. The van der Waals surface area contributed by atoms with Crippen molar-refractivity contribution in [3.63, 3.8) is 0 Å². The van der Waals surface area contributed by atoms with Gasteiger partial charge >= 0.3 is 0 Å². The summed E-state index contributed by atoms with van der Waals surface area (Å²) in [5, 5.41) is 3.57. The van der Waals surface area contributed by atoms with Crippen LogP contribution in [-0.2, 0) is 16.1 Å². The van der Waals surface area contributed by atoms with Crippen molar-refractivity contribution in [1.82, 2.24) is 10.2 Å². The number of carbonyl (C=O) groups is 2. The zero-order valence-electron chi connectivity index (χ0n) is 16.2. The number of carbonyl (C=O) groups excluding carboxylic acids is 2. The van der Waals surface area contributed by atoms with Crippen LogP contribution in [0.3, 0.4) is 0 Å². The maximum Gasteiger partial charge on any atom is 0.246 e. The number of nitrogens with zero attached hydrogens (tertiary/aromatic N) is 1. The zero-order chi connectivity index (χ0) is 18.6. The third kappa shape index (κ3) is 4.11. The Kier molecular flexibility index (Phi) is 5.92. The third-order valence-electron chi connectivity index (χ3n) is 6.85. The fourth-order valence-corrected chi connectivity index (χ4v) is 5.31. The number of hydrogen-bond acceptors (Lipinski definition) is 3. The van der Waals surface area contributed by atoms with E-state index >= 15 is 0 Å². The smallest absolute Gasteiger partial charge is 0.246 e. The summed E-state index contributed by atoms with van der Waals surface area (Å²) < 4.78 is 0. The van der Waals surface area contributed by atoms with Gasteiger partial charge in [0.05, 0.1) is 18.6 Å². The third-order valence-corrected chi connectivity index (χ3v) is 6.85. The summed E-state index contributed by atoms with van der Waals surface area (Å²) in [6.07, 6.45) is 11.8. The Labute approximate surface area is 162 Å². The second kappa shape index (κ2) is 8.55. The standard InChI is InChI=1S/C23H32N2O2/c26-22-20(18-12-6-2-7-13-18)24-21(19-14-8-3-9-15-19)23(27)25(22)16-17-10-4-1-5-11-17/h1,4-5,10-11,18-21,24H,2-3,6-9,12-16H2. The average Bonchev–Trinajstić information content (AvgIpc) is 2.73. The maximum absolute atomic E-state index is 13.3. The fourth-order valence-electron chi connectivity index (χ4n) is 5.31. The molecule has 1 aromatic rings. The number of hydrogen-bond donors (Lipinski definition) is 1. The minimum atomic E-state index is -0.182. The summed E-state index contributed by atoms with van der Waals surface area (Å²) in [6, 6.07) is 9.58. The van der Waals surface area contributed by atoms with Crippen LogP contribution in [0, 0.1) is 11.8 Å². The Morgan fingerprint density at radius 2 is 1.22 bits per heavy atom. The Balaban J connectivity index is 1.58. The van der Waals surface area contributed by atoms with E-state index in [0.29, 0.717) is 18.4 Å². The van der Waals surface area contributed by atoms with Crippen molar-refractivity contribution in [2.75, 3.05) is 0 Å². The molecule has 2 unspecified atom stereocenters. The molecule has 1 aromatic carbocycles. The van der Waals surface area contributed by atoms with E-state index in [1.165, 1.54) is 38.5 Å². The van der Waals surface area contributed by atoms with Crippen LogP contribution in [0.4, 0.5) is 0 Å². The number of imide groups is 1. The first kappa shape index (κ1) is 18.7. The highest BCUT2D eigenvalue weighted by molar-refractivity contribution is 6.03. The maximum atomic E-state index is 13.3. The van der Waals surface area contributed by atoms with E-state index in [9.17, 15) is 9.59 Å². The first-order valence-corrected chi connectivity index (χ1v) is 10.9. The molecule has 4 nitrogen and oxygen atoms in total. The molecule has 27 heavy (non-hydrogen) atoms. The van der Waals surface area contributed by atoms with Crippen molar-refractivity contribution >= 4 is 11.8 Å². The van der Waals surface area contributed by atoms with Gasteiger partial charge in [0, 0.05) is 0 Å². The van der Waals surface area contributed by atoms with E-state index in [1.807, 2.05) is 30.3 Å². The molecule has 1 saturated heterocycles. The number of nitrogens with one attached hydrogen (secondary N) is 1. The van der Waals surface area contributed by atoms with Gasteiger partial charge in [-0.2, -0.15) is 0 Å². The first-order valence-electron chi connectivity index (χ1n) is 10.9. The van der Waals surface area contributed by atoms with Crippen LogP contribution in [0.25, 0.3) is 0 Å². The topological polar surface area (TPSA) is 49.4 Å². The Bertz CT molecular complexity index is 612. The average molecular weight is 369 g/mol. The lowest BCUT2D eigenvalue weighted by Gasteiger charge is -2.44. The molecular weight excluding hydrogens is 336 g/mol. The van der Waals surface area contributed by atoms with Gasteiger partial charge in [-0.3, -0.25) is 19.8 Å². The molecule has 0 bridgehead atoms. The van der Waals surface area contributed by atoms with Crippen molar-refractivity contribution in [3.8, 4) is 0 Å². The van der Waals surface area contributed by atoms with Gasteiger partial charge in [-0.1, -0.05) is 68.9 Å². The Hall–Kier alpha value is -1.68. The van der Waals surface area contributed by atoms with Crippen LogP contribution in [0.1, 0.15) is 69.8 Å². The van der Waals surface area contributed by atoms with Crippen LogP contribution < -0.4 is 5.32 Å². The lowest BCUT2D eigenvalue weighted by Crippen LogP contribution is -2.66. The molecule has 3 aliphatic rings. The van der Waals surface area contributed by atoms with Gasteiger partial charge in [-0.15, -0.1) is 0 Å². The summed E-state index contributed by atoms with van der Waals surface area (Å²) in [7, 11) is 0. The normalized spacial score (nSPS) is 28.5. The number of benzene rings is 1. The van der Waals surface area contributed by atoms with Gasteiger partial charge < -0.3 is 0 Å². The van der Waals surface area contributed by atoms with E-state index in [-0.39, 0.29) is 23.9 Å². The highest BCUT2D eigenvalue weighted by Crippen LogP contribution is 2.34. The van der Waals surface area contributed by atoms with Crippen LogP contribution in [-0.4, -0.2) is 28.8 Å². The van der Waals surface area contributed by atoms with Crippen LogP contribution in [0.2, 0.25) is 0 Å². The second-order valence-electron chi connectivity index (χ2n) is 8.67. The summed E-state index contributed by atoms with van der Waals surface area (Å²) in [5.74, 6) is 0.762. The van der Waals surface area contributed by atoms with Crippen molar-refractivity contribution in [2.45, 2.75) is 82.8 Å². The largest absolute Gasteiger partial charge is 0.294 e. The Morgan fingerprint density at radius 3 is 1.70 bits per heavy atom. The van der Waals surface area contributed by atoms with E-state index in [0.717, 1.165) is 31.2 Å². The molecule has 2 saturated carbocycles. The molecule has 4 rings (SSSR count). The number of rotatable bonds is 4. The molecule has 1 aliphatic heterocycles. The molecule has 146 valence electrons. The Morgan fingerprint density at radius 1 is 0.741 bits per heavy atom. The van der Waals surface area contributed by atoms with Crippen molar-refractivity contribution in [3.05, 3.63) is 35.9 Å². The minimum Gasteiger partial charge on any atom is -0.294 e. The monoisotopic (exact) mass is 368 g/mol. The first-order chi connectivity index (χ1) is 13.2. The predicted molar refractivity (Wildman–Crippen MR) is 106 cm³/mol. The molecule has 2 aliphatic carbocycles. The molecule has 2 atom stereocenters. The molecule has 0 radical (unpaired) electrons. The summed E-state index contributed by atoms with van der Waals surface area (Å²) in [4.78, 5) is 28.2. The van der Waals surface area contributed by atoms with Crippen molar-refractivity contribution in [2.24, 2.45) is 11.8 Å². The van der Waals surface area contributed by atoms with Crippen molar-refractivity contribution < 1.29 is 9.59 Å². The molecule has 2 amide bonds. The zero-order valence-corrected chi connectivity index (χ0v) is 16.2. The van der Waals surface area contributed by atoms with Gasteiger partial charge in [-0.25, -0.2) is 0 Å². The van der Waals surface area contributed by atoms with E-state index in [4.69, 9.17) is 0 Å². The minimum absolute atomic E-state index is 0.00260. The van der Waals surface area contributed by atoms with Crippen LogP contribution in [0.15, 0.2) is 30.3 Å². The molecule has 4 heteroatoms. The molecule has 1 N–H and O–H groups in total. The van der Waals surface area contributed by atoms with Gasteiger partial charge in [0.15, 0.2) is 0 Å². The number of piperazine rings is 1. The summed E-state index contributed by atoms with van der Waals surface area (Å²) in [5.41, 5.74) is 1.03. The van der Waals surface area contributed by atoms with Gasteiger partial charge in [0.1, 0.15) is 0 Å². The second-order valence-corrected chi connectivity index (χ2v) is 8.67. The summed E-state index contributed by atoms with van der Waals surface area (Å²) in [6.45, 7) is 0.409. The highest BCUT2D eigenvalue weighted by Gasteiger charge is 2.46. The van der Waals surface area contributed by atoms with Crippen LogP contribution in [0.5, 0.6) is 0 Å². The molecule has 0 aromatic heterocycles. The van der Waals surface area contributed by atoms with E-state index in [2.05, 4.69) is 5.32 Å². The van der Waals surface area contributed by atoms with Gasteiger partial charge in [0.25, 0.3) is 0 Å². The van der Waals surface area contributed by atoms with Crippen molar-refractivity contribution in [1.29, 1.82) is 0 Å². The van der Waals surface area contributed by atoms with Gasteiger partial charge in [0.2, 0.25) is 11.8 Å². The molecule has 3 fully saturated rings. The SMILES string of the molecule is O=C1C(C2CCCCC2)NC(C2CCCCC2)C(=O)N1Cc1ccccc1. The molecular formula is C23H32N2O2. The quantitative estimate of drug-likeness (QED) is 0.816. The van der Waals surface area contributed by atoms with Crippen LogP contribution >= 0.6 is 0 Å². The fraction of sp³-hybridized carbons (Fsp3) is 0.652. The lowest BCUT2D eigenvalue weighted by atomic mass is 9.78. The highest BCUT2D eigenvalue weighted by atomic mass is 16.2. The molecule has 1 heterocycles. The molecule has 0 spiro atoms. The predicted octanol–water partition coefficient (Wildman–Crippen LogP) is 4.04. The number of amides is 2. The van der Waals surface area contributed by atoms with E-state index < -0.39 is 0 Å². The van der Waals surface area contributed by atoms with Gasteiger partial charge in [-0.05, 0) is 43.1 Å². The summed E-state index contributed by atoms with van der Waals surface area (Å²) >= 11 is 0. The van der Waals surface area contributed by atoms with E-state index in [1.54, 1.807) is 4.90 Å².